The topological polar surface area (TPSA) is 73.9 Å². The number of carbonyl (C=O) groups excluding carboxylic acids is 1. The fraction of sp³-hybridized carbons (Fsp3) is 0.522. The third-order valence-corrected chi connectivity index (χ3v) is 5.92. The minimum absolute atomic E-state index is 0.0835. The molecule has 184 valence electrons. The summed E-state index contributed by atoms with van der Waals surface area (Å²) in [5.41, 5.74) is 0.785. The third kappa shape index (κ3) is 4.55. The smallest absolute Gasteiger partial charge is 0.420 e. The van der Waals surface area contributed by atoms with Crippen LogP contribution in [-0.4, -0.2) is 56.2 Å². The number of fused-ring (bicyclic) bond motifs is 1. The third-order valence-electron chi connectivity index (χ3n) is 5.92. The molecule has 0 saturated carbocycles. The number of amides is 1. The highest BCUT2D eigenvalue weighted by Gasteiger charge is 2.36. The first-order chi connectivity index (χ1) is 15.9. The first-order valence-corrected chi connectivity index (χ1v) is 11.0. The molecule has 8 nitrogen and oxygen atoms in total. The molecule has 0 radical (unpaired) electrons. The second kappa shape index (κ2) is 8.52. The van der Waals surface area contributed by atoms with E-state index in [4.69, 9.17) is 9.47 Å². The van der Waals surface area contributed by atoms with Crippen molar-refractivity contribution in [3.05, 3.63) is 35.9 Å². The second-order valence-corrected chi connectivity index (χ2v) is 9.43. The SMILES string of the molecule is COc1cc(-c2cnn(C3CCN(C(=O)OC(C)(C)C)CC3)c2C)cn2ncc(C(F)(F)F)c12. The number of alkyl halides is 3. The maximum absolute atomic E-state index is 13.4. The molecule has 0 aliphatic carbocycles. The van der Waals surface area contributed by atoms with Crippen molar-refractivity contribution in [1.82, 2.24) is 24.3 Å². The Hall–Kier alpha value is -3.24. The molecule has 1 fully saturated rings. The molecule has 1 aliphatic heterocycles. The number of pyridine rings is 1. The van der Waals surface area contributed by atoms with E-state index >= 15 is 0 Å². The van der Waals surface area contributed by atoms with Crippen LogP contribution in [0.3, 0.4) is 0 Å². The predicted octanol–water partition coefficient (Wildman–Crippen LogP) is 5.11. The van der Waals surface area contributed by atoms with Crippen molar-refractivity contribution in [2.75, 3.05) is 20.2 Å². The predicted molar refractivity (Wildman–Crippen MR) is 119 cm³/mol. The van der Waals surface area contributed by atoms with Gasteiger partial charge in [-0.15, -0.1) is 0 Å². The largest absolute Gasteiger partial charge is 0.494 e. The van der Waals surface area contributed by atoms with Gasteiger partial charge in [-0.2, -0.15) is 23.4 Å². The average molecular weight is 480 g/mol. The number of aromatic nitrogens is 4. The van der Waals surface area contributed by atoms with E-state index in [0.29, 0.717) is 18.7 Å². The quantitative estimate of drug-likeness (QED) is 0.522. The number of hydrogen-bond acceptors (Lipinski definition) is 5. The van der Waals surface area contributed by atoms with Gasteiger partial charge >= 0.3 is 12.3 Å². The molecule has 1 amide bonds. The summed E-state index contributed by atoms with van der Waals surface area (Å²) < 4.78 is 53.9. The molecule has 0 atom stereocenters. The van der Waals surface area contributed by atoms with E-state index in [0.717, 1.165) is 30.3 Å². The summed E-state index contributed by atoms with van der Waals surface area (Å²) in [4.78, 5) is 14.0. The van der Waals surface area contributed by atoms with Gasteiger partial charge in [0.15, 0.2) is 0 Å². The monoisotopic (exact) mass is 479 g/mol. The number of carbonyl (C=O) groups is 1. The number of rotatable bonds is 3. The lowest BCUT2D eigenvalue weighted by Gasteiger charge is -2.33. The van der Waals surface area contributed by atoms with Gasteiger partial charge in [-0.05, 0) is 46.6 Å². The van der Waals surface area contributed by atoms with Crippen LogP contribution in [0, 0.1) is 6.92 Å². The van der Waals surface area contributed by atoms with Crippen LogP contribution in [-0.2, 0) is 10.9 Å². The number of ether oxygens (including phenoxy) is 2. The molecule has 3 aromatic heterocycles. The Morgan fingerprint density at radius 1 is 1.12 bits per heavy atom. The summed E-state index contributed by atoms with van der Waals surface area (Å²) >= 11 is 0. The van der Waals surface area contributed by atoms with Crippen LogP contribution in [0.1, 0.15) is 50.9 Å². The highest BCUT2D eigenvalue weighted by atomic mass is 19.4. The zero-order valence-corrected chi connectivity index (χ0v) is 19.8. The summed E-state index contributed by atoms with van der Waals surface area (Å²) in [5, 5.41) is 8.45. The minimum Gasteiger partial charge on any atom is -0.494 e. The molecule has 0 unspecified atom stereocenters. The first kappa shape index (κ1) is 23.9. The van der Waals surface area contributed by atoms with E-state index in [1.54, 1.807) is 23.4 Å². The standard InChI is InChI=1S/C23H28F3N5O3/c1-14-17(15-10-19(33-5)20-18(23(24,25)26)12-27-30(20)13-15)11-28-31(14)16-6-8-29(9-7-16)21(32)34-22(2,3)4/h10-13,16H,6-9H2,1-5H3. The molecule has 0 spiro atoms. The van der Waals surface area contributed by atoms with Crippen LogP contribution in [0.25, 0.3) is 16.6 Å². The van der Waals surface area contributed by atoms with Crippen molar-refractivity contribution in [1.29, 1.82) is 0 Å². The molecular formula is C23H28F3N5O3. The van der Waals surface area contributed by atoms with Crippen molar-refractivity contribution >= 4 is 11.6 Å². The van der Waals surface area contributed by atoms with Gasteiger partial charge in [0.1, 0.15) is 22.4 Å². The van der Waals surface area contributed by atoms with Crippen molar-refractivity contribution < 1.29 is 27.4 Å². The first-order valence-electron chi connectivity index (χ1n) is 11.0. The Bertz CT molecular complexity index is 1200. The molecule has 11 heteroatoms. The van der Waals surface area contributed by atoms with E-state index in [2.05, 4.69) is 10.2 Å². The molecule has 34 heavy (non-hydrogen) atoms. The fourth-order valence-corrected chi connectivity index (χ4v) is 4.29. The number of halogens is 3. The van der Waals surface area contributed by atoms with Crippen molar-refractivity contribution in [3.63, 3.8) is 0 Å². The maximum atomic E-state index is 13.4. The van der Waals surface area contributed by atoms with Gasteiger partial charge in [-0.1, -0.05) is 0 Å². The van der Waals surface area contributed by atoms with E-state index in [9.17, 15) is 18.0 Å². The number of methoxy groups -OCH3 is 1. The van der Waals surface area contributed by atoms with Crippen LogP contribution in [0.5, 0.6) is 5.75 Å². The van der Waals surface area contributed by atoms with Crippen molar-refractivity contribution in [2.45, 2.75) is 58.4 Å². The van der Waals surface area contributed by atoms with Crippen LogP contribution >= 0.6 is 0 Å². The van der Waals surface area contributed by atoms with Gasteiger partial charge in [0.25, 0.3) is 0 Å². The number of likely N-dealkylation sites (tertiary alicyclic amines) is 1. The Balaban J connectivity index is 1.57. The lowest BCUT2D eigenvalue weighted by molar-refractivity contribution is -0.136. The molecule has 1 saturated heterocycles. The molecule has 3 aromatic rings. The van der Waals surface area contributed by atoms with E-state index in [1.165, 1.54) is 11.6 Å². The Kier molecular flexibility index (Phi) is 5.99. The van der Waals surface area contributed by atoms with Crippen molar-refractivity contribution in [3.8, 4) is 16.9 Å². The molecular weight excluding hydrogens is 451 g/mol. The molecule has 0 aromatic carbocycles. The van der Waals surface area contributed by atoms with Gasteiger partial charge < -0.3 is 14.4 Å². The fourth-order valence-electron chi connectivity index (χ4n) is 4.29. The summed E-state index contributed by atoms with van der Waals surface area (Å²) in [5.74, 6) is 0.0835. The van der Waals surface area contributed by atoms with Gasteiger partial charge in [0.2, 0.25) is 0 Å². The maximum Gasteiger partial charge on any atom is 0.420 e. The van der Waals surface area contributed by atoms with Crippen LogP contribution in [0.15, 0.2) is 24.7 Å². The number of piperidine rings is 1. The van der Waals surface area contributed by atoms with Crippen LogP contribution in [0.4, 0.5) is 18.0 Å². The summed E-state index contributed by atoms with van der Waals surface area (Å²) in [6.45, 7) is 8.55. The zero-order chi connectivity index (χ0) is 24.8. The van der Waals surface area contributed by atoms with Gasteiger partial charge in [0, 0.05) is 36.1 Å². The molecule has 0 bridgehead atoms. The Morgan fingerprint density at radius 2 is 1.79 bits per heavy atom. The second-order valence-electron chi connectivity index (χ2n) is 9.43. The Labute approximate surface area is 195 Å². The van der Waals surface area contributed by atoms with E-state index in [-0.39, 0.29) is 23.4 Å². The summed E-state index contributed by atoms with van der Waals surface area (Å²) in [7, 11) is 1.33. The summed E-state index contributed by atoms with van der Waals surface area (Å²) in [6.07, 6.45) is 0.635. The molecule has 4 rings (SSSR count). The normalized spacial score (nSPS) is 15.7. The summed E-state index contributed by atoms with van der Waals surface area (Å²) in [6, 6.07) is 1.67. The highest BCUT2D eigenvalue weighted by molar-refractivity contribution is 5.74. The highest BCUT2D eigenvalue weighted by Crippen LogP contribution is 2.39. The number of nitrogens with zero attached hydrogens (tertiary/aromatic N) is 5. The van der Waals surface area contributed by atoms with Gasteiger partial charge in [-0.25, -0.2) is 9.31 Å². The van der Waals surface area contributed by atoms with E-state index < -0.39 is 17.3 Å². The van der Waals surface area contributed by atoms with Crippen LogP contribution < -0.4 is 4.74 Å². The van der Waals surface area contributed by atoms with Crippen molar-refractivity contribution in [2.24, 2.45) is 0 Å². The van der Waals surface area contributed by atoms with Gasteiger partial charge in [-0.3, -0.25) is 4.68 Å². The zero-order valence-electron chi connectivity index (χ0n) is 19.8. The van der Waals surface area contributed by atoms with Gasteiger partial charge in [0.05, 0.1) is 25.5 Å². The molecule has 0 N–H and O–H groups in total. The lowest BCUT2D eigenvalue weighted by atomic mass is 10.0. The Morgan fingerprint density at radius 3 is 2.38 bits per heavy atom. The average Bonchev–Trinajstić information content (AvgIpc) is 3.35. The minimum atomic E-state index is -4.54. The lowest BCUT2D eigenvalue weighted by Crippen LogP contribution is -2.42. The molecule has 4 heterocycles. The van der Waals surface area contributed by atoms with Crippen LogP contribution in [0.2, 0.25) is 0 Å². The number of hydrogen-bond donors (Lipinski definition) is 0. The van der Waals surface area contributed by atoms with E-state index in [1.807, 2.05) is 32.4 Å². The molecule has 1 aliphatic rings.